The van der Waals surface area contributed by atoms with E-state index in [1.54, 1.807) is 6.08 Å². The van der Waals surface area contributed by atoms with Crippen molar-refractivity contribution in [3.63, 3.8) is 0 Å². The molecule has 1 aliphatic heterocycles. The molecule has 1 fully saturated rings. The van der Waals surface area contributed by atoms with Crippen LogP contribution < -0.4 is 0 Å². The molecule has 1 saturated heterocycles. The van der Waals surface area contributed by atoms with E-state index in [0.717, 1.165) is 12.8 Å². The van der Waals surface area contributed by atoms with Gasteiger partial charge in [0, 0.05) is 0 Å². The highest BCUT2D eigenvalue weighted by Crippen LogP contribution is 2.17. The van der Waals surface area contributed by atoms with Gasteiger partial charge in [-0.25, -0.2) is 4.79 Å². The molecule has 0 radical (unpaired) electrons. The van der Waals surface area contributed by atoms with E-state index in [0.29, 0.717) is 0 Å². The summed E-state index contributed by atoms with van der Waals surface area (Å²) in [5.41, 5.74) is 0. The monoisotopic (exact) mass is 112 g/mol. The summed E-state index contributed by atoms with van der Waals surface area (Å²) in [4.78, 5) is 10.1. The Labute approximate surface area is 48.1 Å². The minimum Gasteiger partial charge on any atom is -0.448 e. The van der Waals surface area contributed by atoms with Crippen molar-refractivity contribution in [2.75, 3.05) is 0 Å². The van der Waals surface area contributed by atoms with E-state index in [9.17, 15) is 4.79 Å². The van der Waals surface area contributed by atoms with Gasteiger partial charge in [0.05, 0.1) is 0 Å². The van der Waals surface area contributed by atoms with Crippen molar-refractivity contribution in [3.8, 4) is 0 Å². The Morgan fingerprint density at radius 3 is 2.88 bits per heavy atom. The van der Waals surface area contributed by atoms with Crippen LogP contribution in [0.25, 0.3) is 0 Å². The van der Waals surface area contributed by atoms with E-state index in [1.807, 2.05) is 0 Å². The third-order valence-corrected chi connectivity index (χ3v) is 1.10. The molecule has 8 heavy (non-hydrogen) atoms. The van der Waals surface area contributed by atoms with Gasteiger partial charge in [0.25, 0.3) is 0 Å². The topological polar surface area (TPSA) is 29.6 Å². The molecule has 0 N–H and O–H groups in total. The van der Waals surface area contributed by atoms with Crippen molar-refractivity contribution < 1.29 is 9.53 Å². The molecule has 0 bridgehead atoms. The van der Waals surface area contributed by atoms with Gasteiger partial charge in [-0.15, -0.1) is 6.58 Å². The van der Waals surface area contributed by atoms with Gasteiger partial charge >= 0.3 is 5.97 Å². The maximum absolute atomic E-state index is 10.1. The largest absolute Gasteiger partial charge is 0.448 e. The number of hydrogen-bond acceptors (Lipinski definition) is 2. The van der Waals surface area contributed by atoms with Crippen molar-refractivity contribution in [1.82, 2.24) is 0 Å². The zero-order valence-electron chi connectivity index (χ0n) is 4.59. The average Bonchev–Trinajstić information content (AvgIpc) is 2.42. The smallest absolute Gasteiger partial charge is 0.348 e. The molecule has 0 aromatic heterocycles. The van der Waals surface area contributed by atoms with Crippen molar-refractivity contribution in [1.29, 1.82) is 0 Å². The second-order valence-corrected chi connectivity index (χ2v) is 1.79. The summed E-state index contributed by atoms with van der Waals surface area (Å²) < 4.78 is 4.53. The van der Waals surface area contributed by atoms with Gasteiger partial charge in [0.2, 0.25) is 0 Å². The fourth-order valence-corrected chi connectivity index (χ4v) is 0.552. The minimum atomic E-state index is -0.0898. The first-order valence-corrected chi connectivity index (χ1v) is 2.66. The van der Waals surface area contributed by atoms with E-state index >= 15 is 0 Å². The number of ether oxygens (including phenoxy) is 1. The van der Waals surface area contributed by atoms with E-state index < -0.39 is 0 Å². The number of hydrogen-bond donors (Lipinski definition) is 0. The summed E-state index contributed by atoms with van der Waals surface area (Å²) in [6.45, 7) is 3.52. The fraction of sp³-hybridized carbons (Fsp3) is 0.500. The summed E-state index contributed by atoms with van der Waals surface area (Å²) in [6.07, 6.45) is 3.38. The molecule has 1 heterocycles. The Morgan fingerprint density at radius 1 is 1.88 bits per heavy atom. The Bertz CT molecular complexity index is 118. The predicted octanol–water partition coefficient (Wildman–Crippen LogP) is 0.878. The van der Waals surface area contributed by atoms with Crippen LogP contribution in [0.2, 0.25) is 0 Å². The molecule has 1 unspecified atom stereocenters. The maximum Gasteiger partial charge on any atom is 0.348 e. The zero-order valence-corrected chi connectivity index (χ0v) is 4.59. The molecule has 1 aliphatic rings. The molecule has 44 valence electrons. The van der Waals surface area contributed by atoms with Crippen LogP contribution in [-0.2, 0) is 9.53 Å². The average molecular weight is 112 g/mol. The lowest BCUT2D eigenvalue weighted by atomic mass is 10.2. The van der Waals surface area contributed by atoms with Crippen molar-refractivity contribution in [2.24, 2.45) is 0 Å². The van der Waals surface area contributed by atoms with Crippen LogP contribution in [0.15, 0.2) is 12.7 Å². The first-order chi connectivity index (χ1) is 3.84. The van der Waals surface area contributed by atoms with Crippen molar-refractivity contribution >= 4 is 5.97 Å². The first-order valence-electron chi connectivity index (χ1n) is 2.66. The number of epoxide rings is 1. The molecule has 0 spiro atoms. The van der Waals surface area contributed by atoms with Crippen LogP contribution in [0.1, 0.15) is 12.8 Å². The number of allylic oxidation sites excluding steroid dienone is 1. The standard InChI is InChI=1S/C6H8O2/c1-2-3-4-5-6(7)8-5/h2,5H,1,3-4H2. The third kappa shape index (κ3) is 1.09. The molecule has 1 rings (SSSR count). The molecule has 2 nitrogen and oxygen atoms in total. The van der Waals surface area contributed by atoms with E-state index in [-0.39, 0.29) is 12.1 Å². The van der Waals surface area contributed by atoms with Gasteiger partial charge in [0.1, 0.15) is 0 Å². The van der Waals surface area contributed by atoms with E-state index in [4.69, 9.17) is 0 Å². The van der Waals surface area contributed by atoms with Crippen molar-refractivity contribution in [3.05, 3.63) is 12.7 Å². The molecule has 0 saturated carbocycles. The molecule has 0 aliphatic carbocycles. The van der Waals surface area contributed by atoms with Gasteiger partial charge in [-0.3, -0.25) is 0 Å². The van der Waals surface area contributed by atoms with Gasteiger partial charge in [-0.05, 0) is 12.8 Å². The Hall–Kier alpha value is -0.790. The van der Waals surface area contributed by atoms with Gasteiger partial charge in [0.15, 0.2) is 6.10 Å². The summed E-state index contributed by atoms with van der Waals surface area (Å²) >= 11 is 0. The van der Waals surface area contributed by atoms with Crippen LogP contribution in [0.4, 0.5) is 0 Å². The number of rotatable bonds is 3. The fourth-order valence-electron chi connectivity index (χ4n) is 0.552. The highest BCUT2D eigenvalue weighted by molar-refractivity contribution is 5.87. The highest BCUT2D eigenvalue weighted by atomic mass is 16.6. The Balaban J connectivity index is 2.05. The minimum absolute atomic E-state index is 0.0631. The van der Waals surface area contributed by atoms with Crippen molar-refractivity contribution in [2.45, 2.75) is 18.9 Å². The lowest BCUT2D eigenvalue weighted by molar-refractivity contribution is -0.117. The van der Waals surface area contributed by atoms with Gasteiger partial charge in [-0.2, -0.15) is 0 Å². The number of cyclic esters (lactones) is 1. The molecule has 0 aromatic carbocycles. The molecular formula is C6H8O2. The van der Waals surface area contributed by atoms with Crippen LogP contribution >= 0.6 is 0 Å². The van der Waals surface area contributed by atoms with Crippen LogP contribution in [0.5, 0.6) is 0 Å². The second-order valence-electron chi connectivity index (χ2n) is 1.79. The van der Waals surface area contributed by atoms with Gasteiger partial charge in [-0.1, -0.05) is 6.08 Å². The Kier molecular flexibility index (Phi) is 1.33. The normalized spacial score (nSPS) is 24.5. The highest BCUT2D eigenvalue weighted by Gasteiger charge is 2.36. The third-order valence-electron chi connectivity index (χ3n) is 1.10. The molecular weight excluding hydrogens is 104 g/mol. The first kappa shape index (κ1) is 5.35. The van der Waals surface area contributed by atoms with Crippen LogP contribution in [-0.4, -0.2) is 12.1 Å². The quantitative estimate of drug-likeness (QED) is 0.400. The maximum atomic E-state index is 10.1. The van der Waals surface area contributed by atoms with Crippen LogP contribution in [0, 0.1) is 0 Å². The van der Waals surface area contributed by atoms with Crippen LogP contribution in [0.3, 0.4) is 0 Å². The number of carbonyl (C=O) groups is 1. The zero-order chi connectivity index (χ0) is 5.98. The molecule has 2 heteroatoms. The SMILES string of the molecule is C=CCCC1OC1=O. The lowest BCUT2D eigenvalue weighted by Crippen LogP contribution is -1.83. The summed E-state index contributed by atoms with van der Waals surface area (Å²) in [6, 6.07) is 0. The summed E-state index contributed by atoms with van der Waals surface area (Å²) in [7, 11) is 0. The predicted molar refractivity (Wildman–Crippen MR) is 29.3 cm³/mol. The second kappa shape index (κ2) is 1.99. The molecule has 0 amide bonds. The van der Waals surface area contributed by atoms with Gasteiger partial charge < -0.3 is 4.74 Å². The summed E-state index contributed by atoms with van der Waals surface area (Å²) in [5, 5.41) is 0. The number of carbonyl (C=O) groups excluding carboxylic acids is 1. The lowest BCUT2D eigenvalue weighted by Gasteiger charge is -1.79. The van der Waals surface area contributed by atoms with E-state index in [2.05, 4.69) is 11.3 Å². The van der Waals surface area contributed by atoms with E-state index in [1.165, 1.54) is 0 Å². The molecule has 1 atom stereocenters. The molecule has 0 aromatic rings. The Morgan fingerprint density at radius 2 is 2.50 bits per heavy atom. The summed E-state index contributed by atoms with van der Waals surface area (Å²) in [5.74, 6) is -0.0631.